The molecule has 0 aliphatic carbocycles. The van der Waals surface area contributed by atoms with Crippen LogP contribution in [0.2, 0.25) is 0 Å². The van der Waals surface area contributed by atoms with Crippen LogP contribution in [0.3, 0.4) is 0 Å². The van der Waals surface area contributed by atoms with Gasteiger partial charge in [0.15, 0.2) is 0 Å². The number of allylic oxidation sites excluding steroid dienone is 4. The van der Waals surface area contributed by atoms with E-state index in [-0.39, 0.29) is 53.3 Å². The van der Waals surface area contributed by atoms with Gasteiger partial charge in [0.2, 0.25) is 0 Å². The van der Waals surface area contributed by atoms with Gasteiger partial charge in [-0.1, -0.05) is 55.8 Å². The van der Waals surface area contributed by atoms with Gasteiger partial charge in [-0.15, -0.1) is 16.7 Å². The number of carbonyl (C=O) groups excluding carboxylic acids is 3. The summed E-state index contributed by atoms with van der Waals surface area (Å²) in [4.78, 5) is 58.9. The van der Waals surface area contributed by atoms with Crippen molar-refractivity contribution in [1.82, 2.24) is 19.9 Å². The molecule has 252 valence electrons. The number of aryl methyl sites for hydroxylation is 2. The number of methoxy groups -OCH3 is 3. The van der Waals surface area contributed by atoms with E-state index in [1.807, 2.05) is 39.0 Å². The summed E-state index contributed by atoms with van der Waals surface area (Å²) in [5.74, 6) is -1.95. The van der Waals surface area contributed by atoms with Crippen molar-refractivity contribution in [3.05, 3.63) is 81.7 Å². The predicted molar refractivity (Wildman–Crippen MR) is 180 cm³/mol. The van der Waals surface area contributed by atoms with Gasteiger partial charge in [-0.25, -0.2) is 14.8 Å². The largest absolute Gasteiger partial charge is 2.00 e. The summed E-state index contributed by atoms with van der Waals surface area (Å²) < 4.78 is 15.3. The fraction of sp³-hybridized carbons (Fsp3) is 0.378. The molecule has 0 radical (unpaired) electrons. The van der Waals surface area contributed by atoms with Crippen LogP contribution in [0.5, 0.6) is 0 Å². The number of ether oxygens (including phenoxy) is 3. The molecule has 11 heteroatoms. The number of esters is 3. The molecule has 0 fully saturated rings. The third-order valence-corrected chi connectivity index (χ3v) is 9.40. The van der Waals surface area contributed by atoms with Gasteiger partial charge < -0.3 is 24.2 Å². The second kappa shape index (κ2) is 14.7. The Hall–Kier alpha value is -4.47. The zero-order valence-corrected chi connectivity index (χ0v) is 29.7. The average molecular weight is 693 g/mol. The van der Waals surface area contributed by atoms with Crippen LogP contribution >= 0.6 is 0 Å². The van der Waals surface area contributed by atoms with Crippen molar-refractivity contribution in [2.45, 2.75) is 72.1 Å². The van der Waals surface area contributed by atoms with Crippen LogP contribution in [0, 0.1) is 6.92 Å². The summed E-state index contributed by atoms with van der Waals surface area (Å²) in [6.07, 6.45) is 2.86. The van der Waals surface area contributed by atoms with E-state index in [1.165, 1.54) is 21.3 Å². The number of nitrogens with zero attached hydrogens (tertiary/aromatic N) is 4. The van der Waals surface area contributed by atoms with Crippen LogP contribution in [0.15, 0.2) is 30.9 Å². The number of rotatable bonds is 8. The first-order valence-electron chi connectivity index (χ1n) is 15.7. The van der Waals surface area contributed by atoms with Gasteiger partial charge in [-0.3, -0.25) is 9.59 Å². The average Bonchev–Trinajstić information content (AvgIpc) is 3.74. The third kappa shape index (κ3) is 6.49. The van der Waals surface area contributed by atoms with Crippen molar-refractivity contribution in [2.75, 3.05) is 21.3 Å². The van der Waals surface area contributed by atoms with Gasteiger partial charge in [0, 0.05) is 12.0 Å². The van der Waals surface area contributed by atoms with Crippen LogP contribution in [0.4, 0.5) is 0 Å². The monoisotopic (exact) mass is 692 g/mol. The molecule has 0 N–H and O–H groups in total. The van der Waals surface area contributed by atoms with E-state index in [4.69, 9.17) is 34.1 Å². The molecule has 2 aromatic rings. The van der Waals surface area contributed by atoms with E-state index in [0.717, 1.165) is 56.8 Å². The number of carbonyl (C=O) groups is 3. The van der Waals surface area contributed by atoms with Crippen LogP contribution in [0.25, 0.3) is 33.3 Å². The Morgan fingerprint density at radius 2 is 1.54 bits per heavy atom. The molecule has 3 aliphatic heterocycles. The molecule has 48 heavy (non-hydrogen) atoms. The standard InChI is InChI=1S/C37H41N4O6.Fe/c1-10-22-18(3)26-15-28-20(5)24(12-13-32(42)45-7)35(40-28)25(14-33(43)46-8)36-34(37(44)47-9)21(6)29(41-36)17-31-23(11-2)19(4)27(39-31)16-30(22)38-26;/h10,15-17,20,24H,1,11-14H2,2-9H3,(H-,38,39,40,41,44);/q-1;+2/p-1. The maximum Gasteiger partial charge on any atom is 2.00 e. The van der Waals surface area contributed by atoms with E-state index in [0.29, 0.717) is 34.6 Å². The summed E-state index contributed by atoms with van der Waals surface area (Å²) in [6, 6.07) is 5.80. The predicted octanol–water partition coefficient (Wildman–Crippen LogP) is 5.94. The Morgan fingerprint density at radius 3 is 2.17 bits per heavy atom. The van der Waals surface area contributed by atoms with Gasteiger partial charge in [0.1, 0.15) is 0 Å². The summed E-state index contributed by atoms with van der Waals surface area (Å²) in [5, 5.41) is 0. The number of aromatic nitrogens is 4. The molecule has 5 heterocycles. The van der Waals surface area contributed by atoms with Gasteiger partial charge in [-0.2, -0.15) is 5.69 Å². The molecular weight excluding hydrogens is 652 g/mol. The SMILES string of the molecule is C=CC1=C(C)c2cc3[n-]c(c(CC(=O)OC)c4nc(cc5[n-]c(cc1n2)c(C)c5CC)C(C)=C4C(=O)OC)C(CCC(=O)OC)C3C.[Fe+2]. The molecule has 0 aromatic carbocycles. The molecule has 3 aliphatic rings. The van der Waals surface area contributed by atoms with E-state index >= 15 is 0 Å². The normalized spacial score (nSPS) is 16.2. The van der Waals surface area contributed by atoms with E-state index in [9.17, 15) is 14.4 Å². The van der Waals surface area contributed by atoms with E-state index in [2.05, 4.69) is 13.5 Å². The Morgan fingerprint density at radius 1 is 0.875 bits per heavy atom. The van der Waals surface area contributed by atoms with Gasteiger partial charge >= 0.3 is 35.0 Å². The Balaban J connectivity index is 0.00000520. The first kappa shape index (κ1) is 36.4. The van der Waals surface area contributed by atoms with Crippen molar-refractivity contribution < 1.29 is 45.7 Å². The summed E-state index contributed by atoms with van der Waals surface area (Å²) in [5.41, 5.74) is 10.3. The summed E-state index contributed by atoms with van der Waals surface area (Å²) in [7, 11) is 3.97. The Labute approximate surface area is 291 Å². The minimum absolute atomic E-state index is 0. The van der Waals surface area contributed by atoms with Crippen LogP contribution in [-0.2, 0) is 58.5 Å². The topological polar surface area (TPSA) is 133 Å². The van der Waals surface area contributed by atoms with Crippen molar-refractivity contribution in [2.24, 2.45) is 0 Å². The molecular formula is C37H40FeN4O6. The van der Waals surface area contributed by atoms with Crippen molar-refractivity contribution in [1.29, 1.82) is 0 Å². The van der Waals surface area contributed by atoms with E-state index < -0.39 is 11.9 Å². The second-order valence-corrected chi connectivity index (χ2v) is 11.9. The maximum absolute atomic E-state index is 13.4. The minimum Gasteiger partial charge on any atom is -0.664 e. The zero-order valence-electron chi connectivity index (χ0n) is 28.6. The molecule has 2 aromatic heterocycles. The molecule has 2 atom stereocenters. The smallest absolute Gasteiger partial charge is 0.664 e. The van der Waals surface area contributed by atoms with Crippen molar-refractivity contribution in [3.8, 4) is 0 Å². The van der Waals surface area contributed by atoms with Crippen LogP contribution in [0.1, 0.15) is 103 Å². The fourth-order valence-corrected chi connectivity index (χ4v) is 6.62. The van der Waals surface area contributed by atoms with Crippen molar-refractivity contribution in [3.63, 3.8) is 0 Å². The molecule has 0 saturated heterocycles. The van der Waals surface area contributed by atoms with Crippen LogP contribution in [-0.4, -0.2) is 49.2 Å². The molecule has 2 unspecified atom stereocenters. The van der Waals surface area contributed by atoms with Crippen molar-refractivity contribution >= 4 is 51.2 Å². The zero-order chi connectivity index (χ0) is 34.2. The van der Waals surface area contributed by atoms with Gasteiger partial charge in [0.05, 0.1) is 56.1 Å². The summed E-state index contributed by atoms with van der Waals surface area (Å²) >= 11 is 0. The molecule has 10 nitrogen and oxygen atoms in total. The molecule has 5 rings (SSSR count). The fourth-order valence-electron chi connectivity index (χ4n) is 6.62. The number of hydrogen-bond acceptors (Lipinski definition) is 8. The number of hydrogen-bond donors (Lipinski definition) is 0. The van der Waals surface area contributed by atoms with Crippen LogP contribution < -0.4 is 9.97 Å². The third-order valence-electron chi connectivity index (χ3n) is 9.40. The number of fused-ring (bicyclic) bond motifs is 8. The second-order valence-electron chi connectivity index (χ2n) is 11.9. The Kier molecular flexibility index (Phi) is 11.2. The van der Waals surface area contributed by atoms with E-state index in [1.54, 1.807) is 13.0 Å². The first-order valence-corrected chi connectivity index (χ1v) is 15.7. The molecule has 0 saturated carbocycles. The maximum atomic E-state index is 13.4. The minimum atomic E-state index is -0.587. The molecule has 8 bridgehead atoms. The van der Waals surface area contributed by atoms with Gasteiger partial charge in [-0.05, 0) is 62.2 Å². The summed E-state index contributed by atoms with van der Waals surface area (Å²) in [6.45, 7) is 14.0. The molecule has 0 amide bonds. The Bertz CT molecular complexity index is 1950. The molecule has 0 spiro atoms. The van der Waals surface area contributed by atoms with Gasteiger partial charge in [0.25, 0.3) is 0 Å². The quantitative estimate of drug-likeness (QED) is 0.186. The first-order chi connectivity index (χ1) is 22.5.